The van der Waals surface area contributed by atoms with Crippen molar-refractivity contribution >= 4 is 38.7 Å². The highest BCUT2D eigenvalue weighted by atomic mass is 79.9. The molecule has 0 bridgehead atoms. The highest BCUT2D eigenvalue weighted by Crippen LogP contribution is 2.17. The summed E-state index contributed by atoms with van der Waals surface area (Å²) < 4.78 is 2.03. The van der Waals surface area contributed by atoms with E-state index in [0.717, 1.165) is 4.47 Å². The lowest BCUT2D eigenvalue weighted by molar-refractivity contribution is -0.145. The number of aliphatic carboxylic acids is 1. The summed E-state index contributed by atoms with van der Waals surface area (Å²) in [7, 11) is 0. The summed E-state index contributed by atoms with van der Waals surface area (Å²) in [6, 6.07) is 5.20. The molecule has 0 spiro atoms. The van der Waals surface area contributed by atoms with E-state index in [0.29, 0.717) is 30.3 Å². The summed E-state index contributed by atoms with van der Waals surface area (Å²) in [5.74, 6) is -1.69. The van der Waals surface area contributed by atoms with E-state index < -0.39 is 11.9 Å². The van der Waals surface area contributed by atoms with Crippen LogP contribution in [0, 0.1) is 5.92 Å². The van der Waals surface area contributed by atoms with Crippen LogP contribution >= 0.6 is 15.9 Å². The fourth-order valence-corrected chi connectivity index (χ4v) is 3.26. The summed E-state index contributed by atoms with van der Waals surface area (Å²) in [5, 5.41) is 9.54. The number of hydrogen-bond acceptors (Lipinski definition) is 4. The second kappa shape index (κ2) is 6.72. The molecule has 1 fully saturated rings. The fraction of sp³-hybridized carbons (Fsp3) is 0.375. The molecule has 1 amide bonds. The van der Waals surface area contributed by atoms with E-state index >= 15 is 0 Å². The van der Waals surface area contributed by atoms with Crippen LogP contribution in [0.25, 0.3) is 10.9 Å². The van der Waals surface area contributed by atoms with Crippen LogP contribution in [0.5, 0.6) is 0 Å². The van der Waals surface area contributed by atoms with Crippen LogP contribution in [0.1, 0.15) is 12.8 Å². The molecule has 1 aromatic carbocycles. The molecular weight excluding hydrogens is 378 g/mol. The number of likely N-dealkylation sites (tertiary alicyclic amines) is 1. The largest absolute Gasteiger partial charge is 0.481 e. The smallest absolute Gasteiger partial charge is 0.308 e. The van der Waals surface area contributed by atoms with Crippen molar-refractivity contribution in [2.75, 3.05) is 13.1 Å². The van der Waals surface area contributed by atoms with Gasteiger partial charge in [0.1, 0.15) is 6.54 Å². The van der Waals surface area contributed by atoms with Crippen molar-refractivity contribution in [2.45, 2.75) is 19.4 Å². The van der Waals surface area contributed by atoms with Crippen molar-refractivity contribution in [3.63, 3.8) is 0 Å². The number of carboxylic acids is 1. The first-order valence-electron chi connectivity index (χ1n) is 7.61. The Morgan fingerprint density at radius 2 is 2.17 bits per heavy atom. The molecule has 1 saturated heterocycles. The second-order valence-electron chi connectivity index (χ2n) is 5.86. The lowest BCUT2D eigenvalue weighted by Gasteiger charge is -2.30. The van der Waals surface area contributed by atoms with Gasteiger partial charge in [-0.3, -0.25) is 19.0 Å². The molecular formula is C16H16BrN3O4. The Morgan fingerprint density at radius 3 is 2.92 bits per heavy atom. The molecule has 2 aromatic rings. The van der Waals surface area contributed by atoms with Crippen LogP contribution in [-0.4, -0.2) is 44.5 Å². The number of aromatic nitrogens is 2. The maximum Gasteiger partial charge on any atom is 0.308 e. The summed E-state index contributed by atoms with van der Waals surface area (Å²) in [4.78, 5) is 41.8. The third-order valence-corrected chi connectivity index (χ3v) is 4.71. The van der Waals surface area contributed by atoms with Crippen molar-refractivity contribution in [1.82, 2.24) is 14.5 Å². The fourth-order valence-electron chi connectivity index (χ4n) is 2.89. The Labute approximate surface area is 146 Å². The molecule has 0 saturated carbocycles. The summed E-state index contributed by atoms with van der Waals surface area (Å²) in [5.41, 5.74) is 0.275. The van der Waals surface area contributed by atoms with Crippen molar-refractivity contribution in [3.8, 4) is 0 Å². The topological polar surface area (TPSA) is 92.5 Å². The normalized spacial score (nSPS) is 17.9. The van der Waals surface area contributed by atoms with Gasteiger partial charge in [-0.2, -0.15) is 0 Å². The Hall–Kier alpha value is -2.22. The van der Waals surface area contributed by atoms with Crippen LogP contribution in [-0.2, 0) is 16.1 Å². The van der Waals surface area contributed by atoms with Crippen LogP contribution in [0.2, 0.25) is 0 Å². The van der Waals surface area contributed by atoms with Crippen LogP contribution < -0.4 is 5.56 Å². The number of carbonyl (C=O) groups excluding carboxylic acids is 1. The quantitative estimate of drug-likeness (QED) is 0.852. The molecule has 2 heterocycles. The average Bonchev–Trinajstić information content (AvgIpc) is 2.58. The predicted octanol–water partition coefficient (Wildman–Crippen LogP) is 1.48. The molecule has 126 valence electrons. The summed E-state index contributed by atoms with van der Waals surface area (Å²) in [6.45, 7) is 0.569. The molecule has 0 aliphatic carbocycles. The molecule has 24 heavy (non-hydrogen) atoms. The number of nitrogens with zero attached hydrogens (tertiary/aromatic N) is 3. The monoisotopic (exact) mass is 393 g/mol. The number of benzene rings is 1. The third-order valence-electron chi connectivity index (χ3n) is 4.22. The van der Waals surface area contributed by atoms with E-state index in [2.05, 4.69) is 20.9 Å². The lowest BCUT2D eigenvalue weighted by Crippen LogP contribution is -2.44. The molecule has 7 nitrogen and oxygen atoms in total. The van der Waals surface area contributed by atoms with Gasteiger partial charge in [0.25, 0.3) is 5.56 Å². The van der Waals surface area contributed by atoms with Crippen molar-refractivity contribution in [1.29, 1.82) is 0 Å². The third kappa shape index (κ3) is 3.33. The Balaban J connectivity index is 1.82. The average molecular weight is 394 g/mol. The molecule has 1 aliphatic rings. The molecule has 0 radical (unpaired) electrons. The maximum absolute atomic E-state index is 12.5. The second-order valence-corrected chi connectivity index (χ2v) is 6.77. The molecule has 0 unspecified atom stereocenters. The standard InChI is InChI=1S/C16H16BrN3O4/c17-11-3-4-13-12(6-11)15(22)20(9-18-13)8-14(21)19-5-1-2-10(7-19)16(23)24/h3-4,6,9-10H,1-2,5,7-8H2,(H,23,24)/t10-/m1/s1. The minimum absolute atomic E-state index is 0.138. The molecule has 1 atom stereocenters. The van der Waals surface area contributed by atoms with Crippen molar-refractivity contribution < 1.29 is 14.7 Å². The van der Waals surface area contributed by atoms with Crippen LogP contribution in [0.3, 0.4) is 0 Å². The van der Waals surface area contributed by atoms with Gasteiger partial charge in [0.15, 0.2) is 0 Å². The van der Waals surface area contributed by atoms with Gasteiger partial charge in [-0.25, -0.2) is 4.98 Å². The zero-order chi connectivity index (χ0) is 17.3. The van der Waals surface area contributed by atoms with Crippen LogP contribution in [0.4, 0.5) is 0 Å². The SMILES string of the molecule is O=C(O)[C@@H]1CCCN(C(=O)Cn2cnc3ccc(Br)cc3c2=O)C1. The van der Waals surface area contributed by atoms with Gasteiger partial charge in [-0.15, -0.1) is 0 Å². The van der Waals surface area contributed by atoms with E-state index in [1.54, 1.807) is 18.2 Å². The highest BCUT2D eigenvalue weighted by molar-refractivity contribution is 9.10. The Kier molecular flexibility index (Phi) is 4.66. The van der Waals surface area contributed by atoms with E-state index in [1.165, 1.54) is 15.8 Å². The zero-order valence-electron chi connectivity index (χ0n) is 12.8. The maximum atomic E-state index is 12.5. The van der Waals surface area contributed by atoms with Gasteiger partial charge < -0.3 is 10.0 Å². The highest BCUT2D eigenvalue weighted by Gasteiger charge is 2.28. The number of carboxylic acid groups (broad SMARTS) is 1. The van der Waals surface area contributed by atoms with E-state index in [4.69, 9.17) is 5.11 Å². The molecule has 3 rings (SSSR count). The van der Waals surface area contributed by atoms with Crippen molar-refractivity contribution in [3.05, 3.63) is 39.4 Å². The molecule has 1 aliphatic heterocycles. The molecule has 8 heteroatoms. The first-order chi connectivity index (χ1) is 11.5. The number of rotatable bonds is 3. The minimum Gasteiger partial charge on any atom is -0.481 e. The Morgan fingerprint density at radius 1 is 1.38 bits per heavy atom. The summed E-state index contributed by atoms with van der Waals surface area (Å²) >= 11 is 3.32. The number of amides is 1. The predicted molar refractivity (Wildman–Crippen MR) is 90.6 cm³/mol. The molecule has 1 aromatic heterocycles. The van der Waals surface area contributed by atoms with E-state index in [1.807, 2.05) is 0 Å². The minimum atomic E-state index is -0.887. The van der Waals surface area contributed by atoms with Gasteiger partial charge in [-0.05, 0) is 31.0 Å². The van der Waals surface area contributed by atoms with Crippen LogP contribution in [0.15, 0.2) is 33.8 Å². The van der Waals surface area contributed by atoms with E-state index in [9.17, 15) is 14.4 Å². The lowest BCUT2D eigenvalue weighted by atomic mass is 9.98. The Bertz CT molecular complexity index is 864. The number of hydrogen-bond donors (Lipinski definition) is 1. The number of piperidine rings is 1. The van der Waals surface area contributed by atoms with Gasteiger partial charge in [0, 0.05) is 17.6 Å². The number of fused-ring (bicyclic) bond motifs is 1. The van der Waals surface area contributed by atoms with Gasteiger partial charge >= 0.3 is 5.97 Å². The first kappa shape index (κ1) is 16.6. The van der Waals surface area contributed by atoms with Gasteiger partial charge in [-0.1, -0.05) is 15.9 Å². The first-order valence-corrected chi connectivity index (χ1v) is 8.40. The number of halogens is 1. The van der Waals surface area contributed by atoms with Crippen molar-refractivity contribution in [2.24, 2.45) is 5.92 Å². The van der Waals surface area contributed by atoms with Gasteiger partial charge in [0.05, 0.1) is 23.1 Å². The molecule has 1 N–H and O–H groups in total. The summed E-state index contributed by atoms with van der Waals surface area (Å²) in [6.07, 6.45) is 2.58. The zero-order valence-corrected chi connectivity index (χ0v) is 14.4. The van der Waals surface area contributed by atoms with Gasteiger partial charge in [0.2, 0.25) is 5.91 Å². The number of carbonyl (C=O) groups is 2. The van der Waals surface area contributed by atoms with E-state index in [-0.39, 0.29) is 24.6 Å².